The van der Waals surface area contributed by atoms with Crippen LogP contribution in [0.25, 0.3) is 0 Å². The van der Waals surface area contributed by atoms with Gasteiger partial charge in [-0.2, -0.15) is 0 Å². The van der Waals surface area contributed by atoms with Crippen molar-refractivity contribution in [1.82, 2.24) is 5.32 Å². The maximum Gasteiger partial charge on any atom is 0.179 e. The maximum absolute atomic E-state index is 12.4. The van der Waals surface area contributed by atoms with E-state index in [1.54, 1.807) is 6.07 Å². The Hall–Kier alpha value is -0.290. The second kappa shape index (κ2) is 6.65. The Morgan fingerprint density at radius 1 is 1.30 bits per heavy atom. The molecule has 20 heavy (non-hydrogen) atoms. The third-order valence-electron chi connectivity index (χ3n) is 4.02. The molecule has 0 aromatic heterocycles. The van der Waals surface area contributed by atoms with Gasteiger partial charge in [-0.15, -0.1) is 0 Å². The highest BCUT2D eigenvalue weighted by molar-refractivity contribution is 7.91. The van der Waals surface area contributed by atoms with Gasteiger partial charge in [0.25, 0.3) is 0 Å². The van der Waals surface area contributed by atoms with Crippen molar-refractivity contribution in [1.29, 1.82) is 0 Å². The molecule has 0 bridgehead atoms. The van der Waals surface area contributed by atoms with Crippen molar-refractivity contribution in [2.75, 3.05) is 12.8 Å². The summed E-state index contributed by atoms with van der Waals surface area (Å²) in [6.45, 7) is 0. The first-order valence-electron chi connectivity index (χ1n) is 6.79. The second-order valence-corrected chi connectivity index (χ2v) is 8.19. The van der Waals surface area contributed by atoms with E-state index in [9.17, 15) is 8.42 Å². The van der Waals surface area contributed by atoms with E-state index in [1.165, 1.54) is 12.1 Å². The summed E-state index contributed by atoms with van der Waals surface area (Å²) in [7, 11) is -1.44. The van der Waals surface area contributed by atoms with E-state index in [4.69, 9.17) is 23.2 Å². The van der Waals surface area contributed by atoms with Crippen molar-refractivity contribution in [2.45, 2.75) is 36.6 Å². The van der Waals surface area contributed by atoms with Gasteiger partial charge in [-0.25, -0.2) is 8.42 Å². The number of nitrogens with one attached hydrogen (secondary N) is 1. The van der Waals surface area contributed by atoms with Gasteiger partial charge in [-0.3, -0.25) is 0 Å². The van der Waals surface area contributed by atoms with Crippen LogP contribution < -0.4 is 5.32 Å². The molecule has 1 aliphatic rings. The minimum absolute atomic E-state index is 0.121. The summed E-state index contributed by atoms with van der Waals surface area (Å²) in [5.41, 5.74) is 0. The van der Waals surface area contributed by atoms with Crippen molar-refractivity contribution in [3.8, 4) is 0 Å². The van der Waals surface area contributed by atoms with Gasteiger partial charge in [0, 0.05) is 11.1 Å². The maximum atomic E-state index is 12.4. The molecule has 2 unspecified atom stereocenters. The molecule has 1 N–H and O–H groups in total. The number of halogens is 2. The Morgan fingerprint density at radius 3 is 2.75 bits per heavy atom. The fourth-order valence-electron chi connectivity index (χ4n) is 2.89. The molecule has 3 nitrogen and oxygen atoms in total. The van der Waals surface area contributed by atoms with Crippen LogP contribution in [0.1, 0.15) is 25.7 Å². The van der Waals surface area contributed by atoms with Gasteiger partial charge in [0.15, 0.2) is 9.84 Å². The molecule has 2 atom stereocenters. The van der Waals surface area contributed by atoms with Gasteiger partial charge in [0.05, 0.1) is 15.7 Å². The lowest BCUT2D eigenvalue weighted by Gasteiger charge is -2.18. The van der Waals surface area contributed by atoms with E-state index in [0.29, 0.717) is 23.4 Å². The smallest absolute Gasteiger partial charge is 0.179 e. The van der Waals surface area contributed by atoms with E-state index in [2.05, 4.69) is 5.32 Å². The average molecular weight is 336 g/mol. The lowest BCUT2D eigenvalue weighted by molar-refractivity contribution is 0.414. The van der Waals surface area contributed by atoms with Crippen molar-refractivity contribution in [2.24, 2.45) is 5.92 Å². The highest BCUT2D eigenvalue weighted by Gasteiger charge is 2.28. The third-order valence-corrected chi connectivity index (χ3v) is 6.47. The zero-order valence-electron chi connectivity index (χ0n) is 11.4. The normalized spacial score (nSPS) is 23.1. The number of sulfone groups is 1. The number of rotatable bonds is 5. The molecule has 0 radical (unpaired) electrons. The molecule has 112 valence electrons. The van der Waals surface area contributed by atoms with Crippen molar-refractivity contribution >= 4 is 33.0 Å². The Morgan fingerprint density at radius 2 is 2.05 bits per heavy atom. The van der Waals surface area contributed by atoms with Crippen molar-refractivity contribution in [3.05, 3.63) is 28.2 Å². The Balaban J connectivity index is 2.09. The van der Waals surface area contributed by atoms with Crippen LogP contribution in [0, 0.1) is 5.92 Å². The largest absolute Gasteiger partial charge is 0.317 e. The summed E-state index contributed by atoms with van der Waals surface area (Å²) in [5, 5.41) is 3.90. The van der Waals surface area contributed by atoms with Crippen LogP contribution in [-0.4, -0.2) is 27.3 Å². The second-order valence-electron chi connectivity index (χ2n) is 5.27. The van der Waals surface area contributed by atoms with Crippen LogP contribution in [0.2, 0.25) is 10.0 Å². The predicted octanol–water partition coefficient (Wildman–Crippen LogP) is 3.55. The standard InChI is InChI=1S/C14H19Cl2NO2S/c1-17-13-4-2-3-10(13)7-8-20(18,19)14-9-11(15)5-6-12(14)16/h5-6,9-10,13,17H,2-4,7-8H2,1H3. The number of benzene rings is 1. The quantitative estimate of drug-likeness (QED) is 0.894. The van der Waals surface area contributed by atoms with Crippen molar-refractivity contribution in [3.63, 3.8) is 0 Å². The average Bonchev–Trinajstić information content (AvgIpc) is 2.86. The Labute approximate surface area is 130 Å². The summed E-state index contributed by atoms with van der Waals surface area (Å²) < 4.78 is 24.8. The molecule has 0 spiro atoms. The topological polar surface area (TPSA) is 46.2 Å². The van der Waals surface area contributed by atoms with E-state index >= 15 is 0 Å². The third kappa shape index (κ3) is 3.67. The van der Waals surface area contributed by atoms with Gasteiger partial charge in [0.1, 0.15) is 0 Å². The summed E-state index contributed by atoms with van der Waals surface area (Å²) in [6, 6.07) is 4.99. The molecule has 1 saturated carbocycles. The molecule has 2 rings (SSSR count). The van der Waals surface area contributed by atoms with Gasteiger partial charge in [-0.1, -0.05) is 29.6 Å². The molecule has 1 fully saturated rings. The molecule has 1 aromatic carbocycles. The van der Waals surface area contributed by atoms with Gasteiger partial charge in [0.2, 0.25) is 0 Å². The minimum Gasteiger partial charge on any atom is -0.317 e. The fourth-order valence-corrected chi connectivity index (χ4v) is 5.11. The highest BCUT2D eigenvalue weighted by atomic mass is 35.5. The molecular weight excluding hydrogens is 317 g/mol. The molecule has 0 heterocycles. The van der Waals surface area contributed by atoms with Gasteiger partial charge >= 0.3 is 0 Å². The first-order chi connectivity index (χ1) is 9.44. The van der Waals surface area contributed by atoms with E-state index in [-0.39, 0.29) is 15.7 Å². The first kappa shape index (κ1) is 16.1. The predicted molar refractivity (Wildman–Crippen MR) is 83.3 cm³/mol. The highest BCUT2D eigenvalue weighted by Crippen LogP contribution is 2.31. The zero-order chi connectivity index (χ0) is 14.8. The lowest BCUT2D eigenvalue weighted by atomic mass is 10.0. The summed E-state index contributed by atoms with van der Waals surface area (Å²) >= 11 is 11.8. The van der Waals surface area contributed by atoms with Crippen molar-refractivity contribution < 1.29 is 8.42 Å². The van der Waals surface area contributed by atoms with Crippen LogP contribution in [-0.2, 0) is 9.84 Å². The van der Waals surface area contributed by atoms with E-state index in [1.807, 2.05) is 7.05 Å². The lowest BCUT2D eigenvalue weighted by Crippen LogP contribution is -2.30. The molecular formula is C14H19Cl2NO2S. The van der Waals surface area contributed by atoms with E-state index in [0.717, 1.165) is 19.3 Å². The van der Waals surface area contributed by atoms with Crippen LogP contribution in [0.5, 0.6) is 0 Å². The number of hydrogen-bond acceptors (Lipinski definition) is 3. The molecule has 1 aromatic rings. The van der Waals surface area contributed by atoms with Crippen LogP contribution in [0.15, 0.2) is 23.1 Å². The SMILES string of the molecule is CNC1CCCC1CCS(=O)(=O)c1cc(Cl)ccc1Cl. The molecule has 6 heteroatoms. The summed E-state index contributed by atoms with van der Waals surface area (Å²) in [4.78, 5) is 0.144. The van der Waals surface area contributed by atoms with Crippen LogP contribution in [0.4, 0.5) is 0 Å². The summed E-state index contributed by atoms with van der Waals surface area (Å²) in [6.07, 6.45) is 4.04. The Bertz CT molecular complexity index is 575. The molecule has 0 saturated heterocycles. The molecule has 0 amide bonds. The van der Waals surface area contributed by atoms with E-state index < -0.39 is 9.84 Å². The number of hydrogen-bond donors (Lipinski definition) is 1. The summed E-state index contributed by atoms with van der Waals surface area (Å²) in [5.74, 6) is 0.545. The zero-order valence-corrected chi connectivity index (χ0v) is 13.7. The minimum atomic E-state index is -3.38. The Kier molecular flexibility index (Phi) is 5.35. The van der Waals surface area contributed by atoms with Gasteiger partial charge in [-0.05, 0) is 50.4 Å². The monoisotopic (exact) mass is 335 g/mol. The first-order valence-corrected chi connectivity index (χ1v) is 9.20. The molecule has 1 aliphatic carbocycles. The van der Waals surface area contributed by atoms with Crippen LogP contribution in [0.3, 0.4) is 0 Å². The fraction of sp³-hybridized carbons (Fsp3) is 0.571. The molecule has 0 aliphatic heterocycles. The van der Waals surface area contributed by atoms with Crippen LogP contribution >= 0.6 is 23.2 Å². The van der Waals surface area contributed by atoms with Gasteiger partial charge < -0.3 is 5.32 Å².